The summed E-state index contributed by atoms with van der Waals surface area (Å²) in [4.78, 5) is 11.3. The number of ether oxygens (including phenoxy) is 1. The van der Waals surface area contributed by atoms with Crippen LogP contribution < -0.4 is 10.5 Å². The molecule has 4 heteroatoms. The Morgan fingerprint density at radius 1 is 1.50 bits per heavy atom. The maximum atomic E-state index is 11.3. The number of fused-ring (bicyclic) bond motifs is 1. The monoisotopic (exact) mass is 221 g/mol. The molecule has 1 aromatic carbocycles. The van der Waals surface area contributed by atoms with Crippen molar-refractivity contribution in [1.82, 2.24) is 0 Å². The van der Waals surface area contributed by atoms with Gasteiger partial charge in [-0.2, -0.15) is 0 Å². The minimum Gasteiger partial charge on any atom is -0.493 e. The van der Waals surface area contributed by atoms with Gasteiger partial charge in [-0.15, -0.1) is 0 Å². The van der Waals surface area contributed by atoms with Crippen LogP contribution in [0.25, 0.3) is 0 Å². The van der Waals surface area contributed by atoms with Gasteiger partial charge in [-0.25, -0.2) is 4.79 Å². The van der Waals surface area contributed by atoms with Gasteiger partial charge < -0.3 is 15.6 Å². The number of rotatable bonds is 1. The van der Waals surface area contributed by atoms with E-state index in [0.717, 1.165) is 11.1 Å². The lowest BCUT2D eigenvalue weighted by atomic mass is 9.83. The van der Waals surface area contributed by atoms with E-state index < -0.39 is 11.5 Å². The maximum absolute atomic E-state index is 11.3. The fourth-order valence-electron chi connectivity index (χ4n) is 2.15. The number of hydrogen-bond donors (Lipinski definition) is 2. The molecule has 2 rings (SSSR count). The summed E-state index contributed by atoms with van der Waals surface area (Å²) >= 11 is 0. The van der Waals surface area contributed by atoms with Crippen molar-refractivity contribution in [2.75, 3.05) is 6.61 Å². The van der Waals surface area contributed by atoms with E-state index in [-0.39, 0.29) is 0 Å². The third-order valence-electron chi connectivity index (χ3n) is 3.02. The zero-order valence-electron chi connectivity index (χ0n) is 9.41. The molecule has 0 radical (unpaired) electrons. The predicted molar refractivity (Wildman–Crippen MR) is 59.5 cm³/mol. The van der Waals surface area contributed by atoms with Crippen LogP contribution in [0.15, 0.2) is 12.1 Å². The molecule has 0 saturated heterocycles. The van der Waals surface area contributed by atoms with E-state index in [4.69, 9.17) is 10.5 Å². The van der Waals surface area contributed by atoms with Crippen LogP contribution in [0.1, 0.15) is 23.1 Å². The summed E-state index contributed by atoms with van der Waals surface area (Å²) in [6, 6.07) is 3.77. The van der Waals surface area contributed by atoms with Crippen molar-refractivity contribution in [1.29, 1.82) is 0 Å². The molecule has 1 aromatic rings. The van der Waals surface area contributed by atoms with E-state index in [1.54, 1.807) is 6.07 Å². The molecule has 1 atom stereocenters. The number of carboxylic acid groups (broad SMARTS) is 1. The van der Waals surface area contributed by atoms with Crippen LogP contribution in [0.2, 0.25) is 0 Å². The molecule has 3 N–H and O–H groups in total. The van der Waals surface area contributed by atoms with E-state index in [2.05, 4.69) is 0 Å². The first kappa shape index (κ1) is 11.0. The molecule has 0 aromatic heterocycles. The second kappa shape index (κ2) is 3.49. The van der Waals surface area contributed by atoms with Crippen molar-refractivity contribution in [2.24, 2.45) is 5.73 Å². The molecule has 1 unspecified atom stereocenters. The highest BCUT2D eigenvalue weighted by Gasteiger charge is 2.41. The lowest BCUT2D eigenvalue weighted by molar-refractivity contribution is -0.144. The zero-order chi connectivity index (χ0) is 11.9. The number of hydrogen-bond acceptors (Lipinski definition) is 3. The Hall–Kier alpha value is -1.55. The van der Waals surface area contributed by atoms with Crippen LogP contribution >= 0.6 is 0 Å². The quantitative estimate of drug-likeness (QED) is 0.750. The molecule has 0 saturated carbocycles. The Morgan fingerprint density at radius 3 is 2.81 bits per heavy atom. The van der Waals surface area contributed by atoms with Crippen molar-refractivity contribution in [2.45, 2.75) is 25.8 Å². The molecular formula is C12H15NO3. The fourth-order valence-corrected chi connectivity index (χ4v) is 2.15. The average molecular weight is 221 g/mol. The summed E-state index contributed by atoms with van der Waals surface area (Å²) in [7, 11) is 0. The molecule has 86 valence electrons. The predicted octanol–water partition coefficient (Wildman–Crippen LogP) is 1.32. The van der Waals surface area contributed by atoms with Crippen molar-refractivity contribution < 1.29 is 14.6 Å². The lowest BCUT2D eigenvalue weighted by Gasteiger charge is -2.33. The van der Waals surface area contributed by atoms with Crippen LogP contribution in [0, 0.1) is 13.8 Å². The summed E-state index contributed by atoms with van der Waals surface area (Å²) in [5.41, 5.74) is 7.18. The summed E-state index contributed by atoms with van der Waals surface area (Å²) in [6.07, 6.45) is 0.304. The molecule has 0 fully saturated rings. The van der Waals surface area contributed by atoms with Gasteiger partial charge in [-0.1, -0.05) is 11.6 Å². The fraction of sp³-hybridized carbons (Fsp3) is 0.417. The number of carbonyl (C=O) groups is 1. The minimum absolute atomic E-state index is 0.304. The van der Waals surface area contributed by atoms with E-state index in [0.29, 0.717) is 24.3 Å². The second-order valence-corrected chi connectivity index (χ2v) is 4.33. The van der Waals surface area contributed by atoms with Crippen LogP contribution in [0.4, 0.5) is 0 Å². The number of aliphatic carboxylic acids is 1. The molecule has 0 spiro atoms. The molecule has 1 aliphatic rings. The summed E-state index contributed by atoms with van der Waals surface area (Å²) < 4.78 is 5.51. The number of carboxylic acids is 1. The van der Waals surface area contributed by atoms with Crippen LogP contribution in [0.3, 0.4) is 0 Å². The van der Waals surface area contributed by atoms with Gasteiger partial charge in [0.1, 0.15) is 11.3 Å². The first-order valence-corrected chi connectivity index (χ1v) is 5.22. The number of nitrogens with two attached hydrogens (primary N) is 1. The average Bonchev–Trinajstić information content (AvgIpc) is 2.19. The highest BCUT2D eigenvalue weighted by molar-refractivity contribution is 5.82. The SMILES string of the molecule is Cc1cc(C)c2c(c1)C(N)(C(=O)O)CCO2. The second-order valence-electron chi connectivity index (χ2n) is 4.33. The zero-order valence-corrected chi connectivity index (χ0v) is 9.41. The van der Waals surface area contributed by atoms with Gasteiger partial charge in [0.25, 0.3) is 0 Å². The number of benzene rings is 1. The lowest BCUT2D eigenvalue weighted by Crippen LogP contribution is -2.48. The molecular weight excluding hydrogens is 206 g/mol. The largest absolute Gasteiger partial charge is 0.493 e. The summed E-state index contributed by atoms with van der Waals surface area (Å²) in [6.45, 7) is 4.17. The molecule has 0 aliphatic carbocycles. The maximum Gasteiger partial charge on any atom is 0.328 e. The van der Waals surface area contributed by atoms with Gasteiger partial charge in [-0.3, -0.25) is 0 Å². The van der Waals surface area contributed by atoms with Crippen LogP contribution in [-0.2, 0) is 10.3 Å². The Labute approximate surface area is 94.0 Å². The van der Waals surface area contributed by atoms with Crippen molar-refractivity contribution in [3.63, 3.8) is 0 Å². The molecule has 4 nitrogen and oxygen atoms in total. The Kier molecular flexibility index (Phi) is 2.39. The van der Waals surface area contributed by atoms with Gasteiger partial charge in [0.15, 0.2) is 0 Å². The van der Waals surface area contributed by atoms with Crippen molar-refractivity contribution in [3.05, 3.63) is 28.8 Å². The molecule has 1 heterocycles. The topological polar surface area (TPSA) is 72.6 Å². The third-order valence-corrected chi connectivity index (χ3v) is 3.02. The number of aryl methyl sites for hydroxylation is 2. The molecule has 1 aliphatic heterocycles. The van der Waals surface area contributed by atoms with Gasteiger partial charge in [-0.05, 0) is 25.5 Å². The first-order valence-electron chi connectivity index (χ1n) is 5.22. The van der Waals surface area contributed by atoms with Crippen molar-refractivity contribution >= 4 is 5.97 Å². The summed E-state index contributed by atoms with van der Waals surface area (Å²) in [5.74, 6) is -0.371. The van der Waals surface area contributed by atoms with E-state index in [1.165, 1.54) is 0 Å². The normalized spacial score (nSPS) is 23.4. The third kappa shape index (κ3) is 1.46. The van der Waals surface area contributed by atoms with Gasteiger partial charge in [0.05, 0.1) is 6.61 Å². The molecule has 0 bridgehead atoms. The molecule has 0 amide bonds. The Balaban J connectivity index is 2.67. The Bertz CT molecular complexity index is 456. The Morgan fingerprint density at radius 2 is 2.19 bits per heavy atom. The van der Waals surface area contributed by atoms with E-state index >= 15 is 0 Å². The van der Waals surface area contributed by atoms with Crippen molar-refractivity contribution in [3.8, 4) is 5.75 Å². The highest BCUT2D eigenvalue weighted by atomic mass is 16.5. The van der Waals surface area contributed by atoms with E-state index in [1.807, 2.05) is 19.9 Å². The smallest absolute Gasteiger partial charge is 0.328 e. The first-order chi connectivity index (χ1) is 7.45. The van der Waals surface area contributed by atoms with Gasteiger partial charge in [0, 0.05) is 12.0 Å². The van der Waals surface area contributed by atoms with E-state index in [9.17, 15) is 9.90 Å². The van der Waals surface area contributed by atoms with Gasteiger partial charge >= 0.3 is 5.97 Å². The van der Waals surface area contributed by atoms with Crippen LogP contribution in [0.5, 0.6) is 5.75 Å². The minimum atomic E-state index is -1.32. The standard InChI is InChI=1S/C12H15NO3/c1-7-5-8(2)10-9(6-7)12(13,11(14)15)3-4-16-10/h5-6H,3-4,13H2,1-2H3,(H,14,15). The highest BCUT2D eigenvalue weighted by Crippen LogP contribution is 2.38. The molecule has 16 heavy (non-hydrogen) atoms. The van der Waals surface area contributed by atoms with Crippen LogP contribution in [-0.4, -0.2) is 17.7 Å². The van der Waals surface area contributed by atoms with Gasteiger partial charge in [0.2, 0.25) is 0 Å². The summed E-state index contributed by atoms with van der Waals surface area (Å²) in [5, 5.41) is 9.25.